The summed E-state index contributed by atoms with van der Waals surface area (Å²) in [5, 5.41) is 5.11. The summed E-state index contributed by atoms with van der Waals surface area (Å²) in [6.07, 6.45) is 6.50. The molecule has 0 spiro atoms. The lowest BCUT2D eigenvalue weighted by Gasteiger charge is -2.31. The van der Waals surface area contributed by atoms with Gasteiger partial charge in [0.25, 0.3) is 0 Å². The van der Waals surface area contributed by atoms with Gasteiger partial charge in [-0.15, -0.1) is 0 Å². The van der Waals surface area contributed by atoms with Crippen LogP contribution in [0.25, 0.3) is 10.9 Å². The molecule has 1 aliphatic heterocycles. The van der Waals surface area contributed by atoms with Crippen molar-refractivity contribution in [2.75, 3.05) is 6.61 Å². The Labute approximate surface area is 158 Å². The molecule has 142 valence electrons. The van der Waals surface area contributed by atoms with Crippen LogP contribution in [0, 0.1) is 0 Å². The van der Waals surface area contributed by atoms with Crippen LogP contribution in [-0.4, -0.2) is 35.8 Å². The first-order valence-corrected chi connectivity index (χ1v) is 10.6. The van der Waals surface area contributed by atoms with Crippen molar-refractivity contribution in [3.63, 3.8) is 0 Å². The molecule has 1 saturated heterocycles. The number of ether oxygens (including phenoxy) is 1. The van der Waals surface area contributed by atoms with Gasteiger partial charge in [-0.2, -0.15) is 5.10 Å². The number of para-hydroxylation sites is 1. The smallest absolute Gasteiger partial charge is 0.216 e. The van der Waals surface area contributed by atoms with Crippen molar-refractivity contribution in [1.29, 1.82) is 0 Å². The van der Waals surface area contributed by atoms with Crippen LogP contribution in [-0.2, 0) is 27.6 Å². The molecule has 0 radical (unpaired) electrons. The maximum Gasteiger partial charge on any atom is 0.216 e. The zero-order valence-electron chi connectivity index (χ0n) is 15.1. The van der Waals surface area contributed by atoms with Crippen molar-refractivity contribution in [2.45, 2.75) is 30.7 Å². The van der Waals surface area contributed by atoms with Gasteiger partial charge in [-0.3, -0.25) is 9.67 Å². The van der Waals surface area contributed by atoms with E-state index in [1.807, 2.05) is 43.6 Å². The molecule has 4 rings (SSSR count). The number of hydrogen-bond acceptors (Lipinski definition) is 5. The van der Waals surface area contributed by atoms with Gasteiger partial charge in [0.05, 0.1) is 23.5 Å². The van der Waals surface area contributed by atoms with Crippen molar-refractivity contribution < 1.29 is 13.2 Å². The summed E-state index contributed by atoms with van der Waals surface area (Å²) in [6.45, 7) is 0.616. The molecule has 1 fully saturated rings. The zero-order chi connectivity index (χ0) is 18.9. The van der Waals surface area contributed by atoms with E-state index in [1.54, 1.807) is 17.1 Å². The molecular formula is C19H22N4O3S. The molecule has 2 atom stereocenters. The molecule has 2 aromatic heterocycles. The van der Waals surface area contributed by atoms with Gasteiger partial charge in [0.15, 0.2) is 0 Å². The number of nitrogens with one attached hydrogen (secondary N) is 1. The second-order valence-corrected chi connectivity index (χ2v) is 8.61. The Balaban J connectivity index is 1.56. The molecule has 0 aliphatic carbocycles. The number of fused-ring (bicyclic) bond motifs is 1. The molecule has 8 heteroatoms. The van der Waals surface area contributed by atoms with Crippen LogP contribution < -0.4 is 4.72 Å². The monoisotopic (exact) mass is 386 g/mol. The molecule has 1 aromatic carbocycles. The highest BCUT2D eigenvalue weighted by Gasteiger charge is 2.32. The van der Waals surface area contributed by atoms with Crippen LogP contribution in [0.3, 0.4) is 0 Å². The topological polar surface area (TPSA) is 86.1 Å². The molecule has 27 heavy (non-hydrogen) atoms. The Hall–Kier alpha value is -2.29. The quantitative estimate of drug-likeness (QED) is 0.727. The lowest BCUT2D eigenvalue weighted by Crippen LogP contribution is -2.43. The van der Waals surface area contributed by atoms with E-state index in [9.17, 15) is 8.42 Å². The molecule has 0 amide bonds. The average Bonchev–Trinajstić information content (AvgIpc) is 3.08. The predicted octanol–water partition coefficient (Wildman–Crippen LogP) is 2.31. The molecule has 0 unspecified atom stereocenters. The van der Waals surface area contributed by atoms with Crippen molar-refractivity contribution in [1.82, 2.24) is 19.5 Å². The zero-order valence-corrected chi connectivity index (χ0v) is 15.9. The average molecular weight is 386 g/mol. The molecule has 1 aliphatic rings. The molecule has 3 heterocycles. The van der Waals surface area contributed by atoms with Gasteiger partial charge in [-0.05, 0) is 24.5 Å². The predicted molar refractivity (Wildman–Crippen MR) is 102 cm³/mol. The first-order chi connectivity index (χ1) is 13.0. The summed E-state index contributed by atoms with van der Waals surface area (Å²) in [7, 11) is -1.72. The van der Waals surface area contributed by atoms with E-state index in [1.165, 1.54) is 0 Å². The summed E-state index contributed by atoms with van der Waals surface area (Å²) in [4.78, 5) is 4.35. The number of aromatic nitrogens is 3. The van der Waals surface area contributed by atoms with E-state index >= 15 is 0 Å². The Kier molecular flexibility index (Phi) is 4.94. The van der Waals surface area contributed by atoms with Gasteiger partial charge in [0.1, 0.15) is 6.10 Å². The second kappa shape index (κ2) is 7.38. The van der Waals surface area contributed by atoms with Crippen molar-refractivity contribution in [2.24, 2.45) is 7.05 Å². The van der Waals surface area contributed by atoms with E-state index in [2.05, 4.69) is 14.8 Å². The Morgan fingerprint density at radius 1 is 1.30 bits per heavy atom. The molecule has 3 aromatic rings. The number of hydrogen-bond donors (Lipinski definition) is 1. The normalized spacial score (nSPS) is 20.8. The van der Waals surface area contributed by atoms with Crippen LogP contribution in [0.4, 0.5) is 0 Å². The lowest BCUT2D eigenvalue weighted by atomic mass is 9.99. The Morgan fingerprint density at radius 3 is 2.96 bits per heavy atom. The van der Waals surface area contributed by atoms with E-state index in [0.717, 1.165) is 23.8 Å². The number of sulfonamides is 1. The number of rotatable bonds is 5. The van der Waals surface area contributed by atoms with Crippen LogP contribution in [0.5, 0.6) is 0 Å². The number of benzene rings is 1. The summed E-state index contributed by atoms with van der Waals surface area (Å²) in [5.41, 5.74) is 2.29. The van der Waals surface area contributed by atoms with E-state index in [0.29, 0.717) is 17.7 Å². The minimum Gasteiger partial charge on any atom is -0.372 e. The third-order valence-electron chi connectivity index (χ3n) is 4.77. The van der Waals surface area contributed by atoms with Gasteiger partial charge in [0.2, 0.25) is 10.0 Å². The van der Waals surface area contributed by atoms with Gasteiger partial charge >= 0.3 is 0 Å². The van der Waals surface area contributed by atoms with E-state index in [4.69, 9.17) is 4.74 Å². The lowest BCUT2D eigenvalue weighted by molar-refractivity contribution is -0.00447. The van der Waals surface area contributed by atoms with E-state index in [-0.39, 0.29) is 17.9 Å². The van der Waals surface area contributed by atoms with Crippen LogP contribution in [0.15, 0.2) is 48.9 Å². The highest BCUT2D eigenvalue weighted by Crippen LogP contribution is 2.29. The van der Waals surface area contributed by atoms with Gasteiger partial charge in [0, 0.05) is 37.0 Å². The maximum atomic E-state index is 12.9. The second-order valence-electron chi connectivity index (χ2n) is 6.86. The fourth-order valence-electron chi connectivity index (χ4n) is 3.58. The SMILES string of the molecule is Cn1cc([C@H]2OCCC[C@@H]2NS(=O)(=O)Cc2cccc3cccnc23)cn1. The third-order valence-corrected chi connectivity index (χ3v) is 6.12. The number of pyridine rings is 1. The first kappa shape index (κ1) is 18.1. The largest absolute Gasteiger partial charge is 0.372 e. The third kappa shape index (κ3) is 4.02. The first-order valence-electron chi connectivity index (χ1n) is 8.95. The molecule has 0 saturated carbocycles. The van der Waals surface area contributed by atoms with Crippen LogP contribution >= 0.6 is 0 Å². The van der Waals surface area contributed by atoms with Crippen LogP contribution in [0.1, 0.15) is 30.1 Å². The van der Waals surface area contributed by atoms with Gasteiger partial charge in [-0.25, -0.2) is 13.1 Å². The van der Waals surface area contributed by atoms with Crippen molar-refractivity contribution in [3.8, 4) is 0 Å². The highest BCUT2D eigenvalue weighted by molar-refractivity contribution is 7.88. The summed E-state index contributed by atoms with van der Waals surface area (Å²) >= 11 is 0. The minimum atomic E-state index is -3.56. The summed E-state index contributed by atoms with van der Waals surface area (Å²) < 4.78 is 36.2. The molecule has 0 bridgehead atoms. The van der Waals surface area contributed by atoms with Gasteiger partial charge < -0.3 is 4.74 Å². The molecular weight excluding hydrogens is 364 g/mol. The molecule has 7 nitrogen and oxygen atoms in total. The van der Waals surface area contributed by atoms with Crippen molar-refractivity contribution in [3.05, 3.63) is 60.0 Å². The van der Waals surface area contributed by atoms with Gasteiger partial charge in [-0.1, -0.05) is 24.3 Å². The maximum absolute atomic E-state index is 12.9. The Bertz CT molecular complexity index is 1040. The Morgan fingerprint density at radius 2 is 2.15 bits per heavy atom. The summed E-state index contributed by atoms with van der Waals surface area (Å²) in [6, 6.07) is 9.06. The fraction of sp³-hybridized carbons (Fsp3) is 0.368. The molecule has 1 N–H and O–H groups in total. The van der Waals surface area contributed by atoms with Crippen molar-refractivity contribution >= 4 is 20.9 Å². The standard InChI is InChI=1S/C19H22N4O3S/c1-23-12-16(11-21-23)19-17(8-4-10-26-19)22-27(24,25)13-15-6-2-5-14-7-3-9-20-18(14)15/h2-3,5-7,9,11-12,17,19,22H,4,8,10,13H2,1H3/t17-,19+/m0/s1. The fourth-order valence-corrected chi connectivity index (χ4v) is 5.01. The highest BCUT2D eigenvalue weighted by atomic mass is 32.2. The number of aryl methyl sites for hydroxylation is 1. The van der Waals surface area contributed by atoms with E-state index < -0.39 is 10.0 Å². The summed E-state index contributed by atoms with van der Waals surface area (Å²) in [5.74, 6) is -0.113. The minimum absolute atomic E-state index is 0.113. The van der Waals surface area contributed by atoms with Crippen LogP contribution in [0.2, 0.25) is 0 Å². The number of nitrogens with zero attached hydrogens (tertiary/aromatic N) is 3.